The molecule has 0 unspecified atom stereocenters. The molecule has 1 aliphatic rings. The van der Waals surface area contributed by atoms with Crippen molar-refractivity contribution in [1.82, 2.24) is 9.80 Å². The van der Waals surface area contributed by atoms with Crippen molar-refractivity contribution in [1.29, 1.82) is 0 Å². The molecule has 1 fully saturated rings. The third-order valence-corrected chi connectivity index (χ3v) is 4.99. The van der Waals surface area contributed by atoms with Crippen molar-refractivity contribution in [3.05, 3.63) is 71.0 Å². The number of nitrogens with zero attached hydrogens (tertiary/aromatic N) is 2. The lowest BCUT2D eigenvalue weighted by Crippen LogP contribution is -2.51. The van der Waals surface area contributed by atoms with E-state index in [1.54, 1.807) is 23.1 Å². The Morgan fingerprint density at radius 3 is 2.26 bits per heavy atom. The molecule has 2 aromatic rings. The minimum atomic E-state index is -0.351. The molecule has 1 saturated heterocycles. The van der Waals surface area contributed by atoms with Crippen LogP contribution in [0.3, 0.4) is 0 Å². The Bertz CT molecular complexity index is 813. The molecule has 142 valence electrons. The molecular formula is C22H25FN2O2. The first-order valence-electron chi connectivity index (χ1n) is 9.37. The quantitative estimate of drug-likeness (QED) is 0.814. The summed E-state index contributed by atoms with van der Waals surface area (Å²) in [5.41, 5.74) is 2.78. The summed E-state index contributed by atoms with van der Waals surface area (Å²) in [6.07, 6.45) is 1.27. The third-order valence-electron chi connectivity index (χ3n) is 4.99. The van der Waals surface area contributed by atoms with Crippen LogP contribution in [0.15, 0.2) is 48.5 Å². The Morgan fingerprint density at radius 2 is 1.59 bits per heavy atom. The molecule has 0 N–H and O–H groups in total. The molecule has 1 heterocycles. The smallest absolute Gasteiger partial charge is 0.227 e. The zero-order valence-electron chi connectivity index (χ0n) is 15.7. The van der Waals surface area contributed by atoms with Crippen molar-refractivity contribution >= 4 is 11.8 Å². The molecule has 0 aromatic heterocycles. The predicted molar refractivity (Wildman–Crippen MR) is 103 cm³/mol. The molecule has 0 spiro atoms. The molecule has 0 aliphatic carbocycles. The van der Waals surface area contributed by atoms with Crippen molar-refractivity contribution in [2.24, 2.45) is 0 Å². The zero-order valence-corrected chi connectivity index (χ0v) is 15.7. The molecule has 2 amide bonds. The van der Waals surface area contributed by atoms with Gasteiger partial charge in [-0.25, -0.2) is 4.39 Å². The second kappa shape index (κ2) is 8.80. The molecule has 5 heteroatoms. The van der Waals surface area contributed by atoms with Crippen molar-refractivity contribution in [3.63, 3.8) is 0 Å². The van der Waals surface area contributed by atoms with Crippen molar-refractivity contribution < 1.29 is 14.0 Å². The second-order valence-electron chi connectivity index (χ2n) is 7.02. The van der Waals surface area contributed by atoms with Gasteiger partial charge in [-0.05, 0) is 30.5 Å². The van der Waals surface area contributed by atoms with Gasteiger partial charge >= 0.3 is 0 Å². The molecule has 27 heavy (non-hydrogen) atoms. The van der Waals surface area contributed by atoms with Gasteiger partial charge in [0.25, 0.3) is 0 Å². The molecule has 4 nitrogen and oxygen atoms in total. The maximum absolute atomic E-state index is 13.7. The lowest BCUT2D eigenvalue weighted by molar-refractivity contribution is -0.139. The lowest BCUT2D eigenvalue weighted by atomic mass is 10.1. The Morgan fingerprint density at radius 1 is 0.926 bits per heavy atom. The average Bonchev–Trinajstić information content (AvgIpc) is 2.68. The summed E-state index contributed by atoms with van der Waals surface area (Å²) < 4.78 is 13.7. The van der Waals surface area contributed by atoms with Gasteiger partial charge < -0.3 is 9.80 Å². The number of carbonyl (C=O) groups is 2. The molecule has 3 rings (SSSR count). The van der Waals surface area contributed by atoms with E-state index in [0.717, 1.165) is 6.42 Å². The van der Waals surface area contributed by atoms with Gasteiger partial charge in [-0.15, -0.1) is 0 Å². The molecule has 2 aromatic carbocycles. The molecule has 0 bridgehead atoms. The van der Waals surface area contributed by atoms with Crippen LogP contribution in [0.1, 0.15) is 23.1 Å². The highest BCUT2D eigenvalue weighted by molar-refractivity contribution is 5.80. The third kappa shape index (κ3) is 5.16. The summed E-state index contributed by atoms with van der Waals surface area (Å²) >= 11 is 0. The van der Waals surface area contributed by atoms with Gasteiger partial charge in [0.05, 0.1) is 6.42 Å². The summed E-state index contributed by atoms with van der Waals surface area (Å²) in [6.45, 7) is 4.13. The van der Waals surface area contributed by atoms with Gasteiger partial charge in [0.2, 0.25) is 11.8 Å². The standard InChI is InChI=1S/C22H25FN2O2/c1-17-5-4-6-18(15-17)9-10-21(26)24-11-13-25(14-12-24)22(27)16-19-7-2-3-8-20(19)23/h2-8,15H,9-14,16H2,1H3. The van der Waals surface area contributed by atoms with Gasteiger partial charge in [0, 0.05) is 32.6 Å². The number of carbonyl (C=O) groups excluding carboxylic acids is 2. The molecule has 0 saturated carbocycles. The topological polar surface area (TPSA) is 40.6 Å². The van der Waals surface area contributed by atoms with Crippen LogP contribution in [0.4, 0.5) is 4.39 Å². The number of rotatable bonds is 5. The van der Waals surface area contributed by atoms with Gasteiger partial charge in [-0.3, -0.25) is 9.59 Å². The summed E-state index contributed by atoms with van der Waals surface area (Å²) in [6, 6.07) is 14.6. The molecular weight excluding hydrogens is 343 g/mol. The van der Waals surface area contributed by atoms with E-state index in [9.17, 15) is 14.0 Å². The summed E-state index contributed by atoms with van der Waals surface area (Å²) in [7, 11) is 0. The maximum atomic E-state index is 13.7. The van der Waals surface area contributed by atoms with E-state index in [0.29, 0.717) is 38.2 Å². The number of amides is 2. The average molecular weight is 368 g/mol. The van der Waals surface area contributed by atoms with Crippen LogP contribution >= 0.6 is 0 Å². The minimum Gasteiger partial charge on any atom is -0.339 e. The minimum absolute atomic E-state index is 0.0635. The van der Waals surface area contributed by atoms with Crippen molar-refractivity contribution in [2.45, 2.75) is 26.2 Å². The fourth-order valence-corrected chi connectivity index (χ4v) is 3.40. The van der Waals surface area contributed by atoms with Crippen molar-refractivity contribution in [2.75, 3.05) is 26.2 Å². The van der Waals surface area contributed by atoms with Crippen molar-refractivity contribution in [3.8, 4) is 0 Å². The Labute approximate surface area is 159 Å². The Hall–Kier alpha value is -2.69. The normalized spacial score (nSPS) is 14.3. The maximum Gasteiger partial charge on any atom is 0.227 e. The van der Waals surface area contributed by atoms with Crippen LogP contribution in [0.2, 0.25) is 0 Å². The number of hydrogen-bond acceptors (Lipinski definition) is 2. The molecule has 0 atom stereocenters. The van der Waals surface area contributed by atoms with E-state index >= 15 is 0 Å². The zero-order chi connectivity index (χ0) is 19.2. The van der Waals surface area contributed by atoms with E-state index in [1.807, 2.05) is 30.0 Å². The predicted octanol–water partition coefficient (Wildman–Crippen LogP) is 2.98. The number of piperazine rings is 1. The highest BCUT2D eigenvalue weighted by Crippen LogP contribution is 2.12. The lowest BCUT2D eigenvalue weighted by Gasteiger charge is -2.35. The second-order valence-corrected chi connectivity index (χ2v) is 7.02. The van der Waals surface area contributed by atoms with Crippen LogP contribution in [0, 0.1) is 12.7 Å². The Balaban J connectivity index is 1.46. The van der Waals surface area contributed by atoms with Gasteiger partial charge in [0.15, 0.2) is 0 Å². The van der Waals surface area contributed by atoms with Crippen LogP contribution < -0.4 is 0 Å². The van der Waals surface area contributed by atoms with Gasteiger partial charge in [-0.2, -0.15) is 0 Å². The molecule has 1 aliphatic heterocycles. The molecule has 0 radical (unpaired) electrons. The fourth-order valence-electron chi connectivity index (χ4n) is 3.40. The highest BCUT2D eigenvalue weighted by atomic mass is 19.1. The van der Waals surface area contributed by atoms with E-state index < -0.39 is 0 Å². The van der Waals surface area contributed by atoms with Gasteiger partial charge in [0.1, 0.15) is 5.82 Å². The number of benzene rings is 2. The van der Waals surface area contributed by atoms with E-state index in [1.165, 1.54) is 17.2 Å². The van der Waals surface area contributed by atoms with Crippen LogP contribution in [-0.2, 0) is 22.4 Å². The number of aryl methyl sites for hydroxylation is 2. The van der Waals surface area contributed by atoms with E-state index in [2.05, 4.69) is 6.07 Å². The summed E-state index contributed by atoms with van der Waals surface area (Å²) in [5.74, 6) is -0.319. The Kier molecular flexibility index (Phi) is 6.22. The van der Waals surface area contributed by atoms with Gasteiger partial charge in [-0.1, -0.05) is 48.0 Å². The largest absolute Gasteiger partial charge is 0.339 e. The first kappa shape index (κ1) is 19.1. The van der Waals surface area contributed by atoms with Crippen LogP contribution in [0.25, 0.3) is 0 Å². The highest BCUT2D eigenvalue weighted by Gasteiger charge is 2.24. The SMILES string of the molecule is Cc1cccc(CCC(=O)N2CCN(C(=O)Cc3ccccc3F)CC2)c1. The number of halogens is 1. The van der Waals surface area contributed by atoms with E-state index in [4.69, 9.17) is 0 Å². The van der Waals surface area contributed by atoms with E-state index in [-0.39, 0.29) is 24.1 Å². The summed E-state index contributed by atoms with van der Waals surface area (Å²) in [5, 5.41) is 0. The van der Waals surface area contributed by atoms with Crippen LogP contribution in [0.5, 0.6) is 0 Å². The first-order valence-corrected chi connectivity index (χ1v) is 9.37. The first-order chi connectivity index (χ1) is 13.0. The number of hydrogen-bond donors (Lipinski definition) is 0. The van der Waals surface area contributed by atoms with Crippen LogP contribution in [-0.4, -0.2) is 47.8 Å². The monoisotopic (exact) mass is 368 g/mol. The summed E-state index contributed by atoms with van der Waals surface area (Å²) in [4.78, 5) is 28.4. The fraction of sp³-hybridized carbons (Fsp3) is 0.364.